The van der Waals surface area contributed by atoms with Crippen LogP contribution in [0, 0.1) is 0 Å². The van der Waals surface area contributed by atoms with Gasteiger partial charge in [-0.25, -0.2) is 0 Å². The average molecular weight is 365 g/mol. The summed E-state index contributed by atoms with van der Waals surface area (Å²) >= 11 is 16.6. The SMILES string of the molecule is O=C(Cc1ccc(Br)s1)Nc1cc(Cl)cc(Cl)c1. The Balaban J connectivity index is 2.02. The van der Waals surface area contributed by atoms with E-state index in [4.69, 9.17) is 23.2 Å². The predicted molar refractivity (Wildman–Crippen MR) is 80.8 cm³/mol. The Kier molecular flexibility index (Phi) is 4.67. The lowest BCUT2D eigenvalue weighted by molar-refractivity contribution is -0.115. The summed E-state index contributed by atoms with van der Waals surface area (Å²) in [6, 6.07) is 8.78. The Labute approximate surface area is 127 Å². The molecular weight excluding hydrogens is 357 g/mol. The van der Waals surface area contributed by atoms with Gasteiger partial charge in [0.25, 0.3) is 0 Å². The first-order valence-electron chi connectivity index (χ1n) is 5.03. The molecule has 1 heterocycles. The molecule has 6 heteroatoms. The lowest BCUT2D eigenvalue weighted by atomic mass is 10.3. The fraction of sp³-hybridized carbons (Fsp3) is 0.0833. The van der Waals surface area contributed by atoms with Crippen LogP contribution in [0.4, 0.5) is 5.69 Å². The fourth-order valence-corrected chi connectivity index (χ4v) is 3.44. The molecule has 94 valence electrons. The molecule has 1 N–H and O–H groups in total. The third kappa shape index (κ3) is 3.99. The molecular formula is C12H8BrCl2NOS. The number of hydrogen-bond acceptors (Lipinski definition) is 2. The van der Waals surface area contributed by atoms with Gasteiger partial charge in [-0.15, -0.1) is 11.3 Å². The Morgan fingerprint density at radius 2 is 1.89 bits per heavy atom. The molecule has 0 fully saturated rings. The summed E-state index contributed by atoms with van der Waals surface area (Å²) in [4.78, 5) is 12.8. The number of halogens is 3. The number of nitrogens with one attached hydrogen (secondary N) is 1. The van der Waals surface area contributed by atoms with Crippen LogP contribution in [0.2, 0.25) is 10.0 Å². The molecule has 0 aliphatic rings. The predicted octanol–water partition coefficient (Wildman–Crippen LogP) is 5.00. The van der Waals surface area contributed by atoms with E-state index in [1.807, 2.05) is 12.1 Å². The van der Waals surface area contributed by atoms with Crippen molar-refractivity contribution >= 4 is 62.1 Å². The van der Waals surface area contributed by atoms with Crippen LogP contribution in [0.5, 0.6) is 0 Å². The Morgan fingerprint density at radius 3 is 2.44 bits per heavy atom. The van der Waals surface area contributed by atoms with Crippen molar-refractivity contribution in [2.75, 3.05) is 5.32 Å². The van der Waals surface area contributed by atoms with E-state index < -0.39 is 0 Å². The molecule has 0 saturated heterocycles. The van der Waals surface area contributed by atoms with E-state index in [9.17, 15) is 4.79 Å². The monoisotopic (exact) mass is 363 g/mol. The van der Waals surface area contributed by atoms with Crippen LogP contribution in [-0.4, -0.2) is 5.91 Å². The van der Waals surface area contributed by atoms with Gasteiger partial charge in [0, 0.05) is 20.6 Å². The second kappa shape index (κ2) is 6.06. The van der Waals surface area contributed by atoms with Gasteiger partial charge in [-0.3, -0.25) is 4.79 Å². The normalized spacial score (nSPS) is 10.4. The molecule has 0 saturated carbocycles. The van der Waals surface area contributed by atoms with Crippen molar-refractivity contribution in [1.82, 2.24) is 0 Å². The van der Waals surface area contributed by atoms with Crippen molar-refractivity contribution in [3.8, 4) is 0 Å². The first-order chi connectivity index (χ1) is 8.52. The van der Waals surface area contributed by atoms with Gasteiger partial charge >= 0.3 is 0 Å². The van der Waals surface area contributed by atoms with Crippen molar-refractivity contribution < 1.29 is 4.79 Å². The average Bonchev–Trinajstić information content (AvgIpc) is 2.61. The number of benzene rings is 1. The van der Waals surface area contributed by atoms with Gasteiger partial charge in [0.2, 0.25) is 5.91 Å². The van der Waals surface area contributed by atoms with Crippen LogP contribution in [0.25, 0.3) is 0 Å². The van der Waals surface area contributed by atoms with Gasteiger partial charge < -0.3 is 5.32 Å². The van der Waals surface area contributed by atoms with E-state index in [1.165, 1.54) is 11.3 Å². The highest BCUT2D eigenvalue weighted by Gasteiger charge is 2.07. The molecule has 0 atom stereocenters. The van der Waals surface area contributed by atoms with Gasteiger partial charge in [-0.2, -0.15) is 0 Å². The maximum atomic E-state index is 11.8. The van der Waals surface area contributed by atoms with Crippen LogP contribution >= 0.6 is 50.5 Å². The molecule has 0 radical (unpaired) electrons. The van der Waals surface area contributed by atoms with Gasteiger partial charge in [0.1, 0.15) is 0 Å². The zero-order valence-corrected chi connectivity index (χ0v) is 13.0. The lowest BCUT2D eigenvalue weighted by Gasteiger charge is -2.05. The number of hydrogen-bond donors (Lipinski definition) is 1. The highest BCUT2D eigenvalue weighted by atomic mass is 79.9. The van der Waals surface area contributed by atoms with Crippen LogP contribution in [0.1, 0.15) is 4.88 Å². The number of carbonyl (C=O) groups is 1. The summed E-state index contributed by atoms with van der Waals surface area (Å²) in [5.74, 6) is -0.0947. The van der Waals surface area contributed by atoms with Gasteiger partial charge in [0.15, 0.2) is 0 Å². The number of thiophene rings is 1. The molecule has 1 aromatic carbocycles. The third-order valence-electron chi connectivity index (χ3n) is 2.11. The first-order valence-corrected chi connectivity index (χ1v) is 7.39. The van der Waals surface area contributed by atoms with Gasteiger partial charge in [-0.05, 0) is 46.3 Å². The largest absolute Gasteiger partial charge is 0.326 e. The number of rotatable bonds is 3. The Bertz CT molecular complexity index is 565. The van der Waals surface area contributed by atoms with Crippen LogP contribution in [-0.2, 0) is 11.2 Å². The summed E-state index contributed by atoms with van der Waals surface area (Å²) in [5.41, 5.74) is 0.605. The highest BCUT2D eigenvalue weighted by Crippen LogP contribution is 2.24. The van der Waals surface area contributed by atoms with Crippen LogP contribution in [0.3, 0.4) is 0 Å². The van der Waals surface area contributed by atoms with E-state index in [0.717, 1.165) is 8.66 Å². The topological polar surface area (TPSA) is 29.1 Å². The first kappa shape index (κ1) is 13.9. The van der Waals surface area contributed by atoms with E-state index in [1.54, 1.807) is 18.2 Å². The number of anilines is 1. The molecule has 0 aliphatic carbocycles. The number of amides is 1. The van der Waals surface area contributed by atoms with Crippen LogP contribution < -0.4 is 5.32 Å². The van der Waals surface area contributed by atoms with Gasteiger partial charge in [-0.1, -0.05) is 23.2 Å². The molecule has 0 aliphatic heterocycles. The van der Waals surface area contributed by atoms with E-state index in [-0.39, 0.29) is 5.91 Å². The summed E-state index contributed by atoms with van der Waals surface area (Å²) < 4.78 is 1.01. The minimum absolute atomic E-state index is 0.0947. The molecule has 2 rings (SSSR count). The molecule has 2 nitrogen and oxygen atoms in total. The standard InChI is InChI=1S/C12H8BrCl2NOS/c13-11-2-1-10(18-11)6-12(17)16-9-4-7(14)3-8(15)5-9/h1-5H,6H2,(H,16,17). The van der Waals surface area contributed by atoms with Crippen molar-refractivity contribution in [1.29, 1.82) is 0 Å². The van der Waals surface area contributed by atoms with Crippen molar-refractivity contribution in [2.45, 2.75) is 6.42 Å². The second-order valence-electron chi connectivity index (χ2n) is 3.59. The van der Waals surface area contributed by atoms with Gasteiger partial charge in [0.05, 0.1) is 10.2 Å². The lowest BCUT2D eigenvalue weighted by Crippen LogP contribution is -2.13. The number of carbonyl (C=O) groups excluding carboxylic acids is 1. The maximum absolute atomic E-state index is 11.8. The van der Waals surface area contributed by atoms with Crippen LogP contribution in [0.15, 0.2) is 34.1 Å². The summed E-state index contributed by atoms with van der Waals surface area (Å²) in [6.45, 7) is 0. The minimum Gasteiger partial charge on any atom is -0.326 e. The zero-order chi connectivity index (χ0) is 13.1. The quantitative estimate of drug-likeness (QED) is 0.815. The van der Waals surface area contributed by atoms with E-state index in [0.29, 0.717) is 22.2 Å². The molecule has 1 aromatic heterocycles. The maximum Gasteiger partial charge on any atom is 0.229 e. The summed E-state index contributed by atoms with van der Waals surface area (Å²) in [7, 11) is 0. The highest BCUT2D eigenvalue weighted by molar-refractivity contribution is 9.11. The third-order valence-corrected chi connectivity index (χ3v) is 4.17. The smallest absolute Gasteiger partial charge is 0.229 e. The molecule has 18 heavy (non-hydrogen) atoms. The zero-order valence-electron chi connectivity index (χ0n) is 9.04. The molecule has 1 amide bonds. The molecule has 0 unspecified atom stereocenters. The summed E-state index contributed by atoms with van der Waals surface area (Å²) in [6.07, 6.45) is 0.334. The van der Waals surface area contributed by atoms with Crippen molar-refractivity contribution in [2.24, 2.45) is 0 Å². The Morgan fingerprint density at radius 1 is 1.22 bits per heavy atom. The second-order valence-corrected chi connectivity index (χ2v) is 7.01. The molecule has 0 spiro atoms. The molecule has 0 bridgehead atoms. The van der Waals surface area contributed by atoms with Crippen molar-refractivity contribution in [3.63, 3.8) is 0 Å². The van der Waals surface area contributed by atoms with E-state index >= 15 is 0 Å². The summed E-state index contributed by atoms with van der Waals surface area (Å²) in [5, 5.41) is 3.76. The van der Waals surface area contributed by atoms with Crippen molar-refractivity contribution in [3.05, 3.63) is 49.0 Å². The fourth-order valence-electron chi connectivity index (χ4n) is 1.44. The molecule has 2 aromatic rings. The minimum atomic E-state index is -0.0947. The van der Waals surface area contributed by atoms with E-state index in [2.05, 4.69) is 21.2 Å². The Hall–Kier alpha value is -0.550.